The van der Waals surface area contributed by atoms with Crippen LogP contribution in [0.1, 0.15) is 60.5 Å². The molecule has 3 aromatic rings. The predicted molar refractivity (Wildman–Crippen MR) is 137 cm³/mol. The molecule has 9 heteroatoms. The van der Waals surface area contributed by atoms with E-state index in [1.807, 2.05) is 13.0 Å². The van der Waals surface area contributed by atoms with Crippen molar-refractivity contribution in [3.05, 3.63) is 65.2 Å². The molecule has 0 bridgehead atoms. The molecule has 1 aliphatic carbocycles. The molecule has 1 aromatic heterocycles. The molecule has 1 heterocycles. The minimum atomic E-state index is -4.47. The summed E-state index contributed by atoms with van der Waals surface area (Å²) in [7, 11) is 0. The molecular weight excluding hydrogens is 481 g/mol. The summed E-state index contributed by atoms with van der Waals surface area (Å²) in [6, 6.07) is 11.8. The Hall–Kier alpha value is -3.46. The molecule has 4 rings (SSSR count). The van der Waals surface area contributed by atoms with Crippen molar-refractivity contribution in [2.75, 3.05) is 6.54 Å². The minimum Gasteiger partial charge on any atom is -0.369 e. The summed E-state index contributed by atoms with van der Waals surface area (Å²) < 4.78 is 39.5. The average molecular weight is 513 g/mol. The molecule has 0 saturated heterocycles. The predicted octanol–water partition coefficient (Wildman–Crippen LogP) is 5.19. The number of alkyl halides is 3. The topological polar surface area (TPSA) is 97.1 Å². The first kappa shape index (κ1) is 26.6. The number of primary amides is 1. The molecule has 0 unspecified atom stereocenters. The molecule has 0 aliphatic heterocycles. The van der Waals surface area contributed by atoms with Gasteiger partial charge in [-0.15, -0.1) is 0 Å². The first-order valence-electron chi connectivity index (χ1n) is 12.5. The standard InChI is InChI=1S/C28H31F3N4O2/c1-17(18-7-3-2-4-8-18)34-27(37)25-21-9-5-6-10-23(21)35-26(22(25)15-33-16-24(32)36)19-11-13-20(14-12-19)28(29,30)31/h5-6,9-14,17-18,33H,2-4,7-8,15-16H2,1H3,(H2,32,36)(H,34,37)/t17-/m0/s1. The Kier molecular flexibility index (Phi) is 8.12. The lowest BCUT2D eigenvalue weighted by Crippen LogP contribution is -2.39. The van der Waals surface area contributed by atoms with Crippen molar-refractivity contribution in [3.8, 4) is 11.3 Å². The van der Waals surface area contributed by atoms with Crippen molar-refractivity contribution < 1.29 is 22.8 Å². The number of hydrogen-bond acceptors (Lipinski definition) is 4. The number of nitrogens with two attached hydrogens (primary N) is 1. The van der Waals surface area contributed by atoms with Crippen LogP contribution in [0.25, 0.3) is 22.2 Å². The van der Waals surface area contributed by atoms with Crippen LogP contribution >= 0.6 is 0 Å². The maximum absolute atomic E-state index is 13.8. The second kappa shape index (κ2) is 11.3. The molecule has 1 fully saturated rings. The maximum Gasteiger partial charge on any atom is 0.416 e. The molecule has 2 aromatic carbocycles. The van der Waals surface area contributed by atoms with Gasteiger partial charge in [-0.2, -0.15) is 13.2 Å². The smallest absolute Gasteiger partial charge is 0.369 e. The van der Waals surface area contributed by atoms with E-state index in [4.69, 9.17) is 10.7 Å². The highest BCUT2D eigenvalue weighted by molar-refractivity contribution is 6.09. The number of carbonyl (C=O) groups excluding carboxylic acids is 2. The number of para-hydroxylation sites is 1. The fourth-order valence-corrected chi connectivity index (χ4v) is 5.08. The quantitative estimate of drug-likeness (QED) is 0.387. The fourth-order valence-electron chi connectivity index (χ4n) is 5.08. The van der Waals surface area contributed by atoms with E-state index in [0.29, 0.717) is 39.2 Å². The van der Waals surface area contributed by atoms with Crippen molar-refractivity contribution in [3.63, 3.8) is 0 Å². The minimum absolute atomic E-state index is 0.0410. The molecule has 1 atom stereocenters. The van der Waals surface area contributed by atoms with Gasteiger partial charge in [-0.05, 0) is 43.9 Å². The Morgan fingerprint density at radius 3 is 2.38 bits per heavy atom. The molecule has 4 N–H and O–H groups in total. The average Bonchev–Trinajstić information content (AvgIpc) is 2.88. The second-order valence-electron chi connectivity index (χ2n) is 9.64. The largest absolute Gasteiger partial charge is 0.416 e. The van der Waals surface area contributed by atoms with Crippen molar-refractivity contribution in [1.82, 2.24) is 15.6 Å². The van der Waals surface area contributed by atoms with Crippen LogP contribution in [0.2, 0.25) is 0 Å². The zero-order valence-electron chi connectivity index (χ0n) is 20.7. The van der Waals surface area contributed by atoms with Gasteiger partial charge in [0.1, 0.15) is 0 Å². The van der Waals surface area contributed by atoms with Crippen LogP contribution in [0.3, 0.4) is 0 Å². The second-order valence-corrected chi connectivity index (χ2v) is 9.64. The van der Waals surface area contributed by atoms with Gasteiger partial charge >= 0.3 is 6.18 Å². The van der Waals surface area contributed by atoms with Crippen LogP contribution in [0.15, 0.2) is 48.5 Å². The number of fused-ring (bicyclic) bond motifs is 1. The monoisotopic (exact) mass is 512 g/mol. The highest BCUT2D eigenvalue weighted by Crippen LogP contribution is 2.34. The summed E-state index contributed by atoms with van der Waals surface area (Å²) >= 11 is 0. The van der Waals surface area contributed by atoms with Crippen molar-refractivity contribution in [1.29, 1.82) is 0 Å². The lowest BCUT2D eigenvalue weighted by molar-refractivity contribution is -0.137. The van der Waals surface area contributed by atoms with E-state index in [2.05, 4.69) is 10.6 Å². The molecule has 37 heavy (non-hydrogen) atoms. The number of nitrogens with one attached hydrogen (secondary N) is 2. The Bertz CT molecular complexity index is 1270. The molecule has 2 amide bonds. The molecule has 0 spiro atoms. The summed E-state index contributed by atoms with van der Waals surface area (Å²) in [4.78, 5) is 29.9. The van der Waals surface area contributed by atoms with Gasteiger partial charge in [0.05, 0.1) is 28.9 Å². The van der Waals surface area contributed by atoms with E-state index in [1.165, 1.54) is 18.6 Å². The lowest BCUT2D eigenvalue weighted by Gasteiger charge is -2.29. The van der Waals surface area contributed by atoms with Gasteiger partial charge < -0.3 is 16.4 Å². The SMILES string of the molecule is C[C@H](NC(=O)c1c(CNCC(N)=O)c(-c2ccc(C(F)(F)F)cc2)nc2ccccc12)C1CCCCC1. The van der Waals surface area contributed by atoms with Gasteiger partial charge in [0.25, 0.3) is 5.91 Å². The van der Waals surface area contributed by atoms with Crippen LogP contribution in [-0.2, 0) is 17.5 Å². The number of aromatic nitrogens is 1. The van der Waals surface area contributed by atoms with E-state index in [-0.39, 0.29) is 25.0 Å². The lowest BCUT2D eigenvalue weighted by atomic mass is 9.84. The number of halogens is 3. The molecule has 6 nitrogen and oxygen atoms in total. The highest BCUT2D eigenvalue weighted by atomic mass is 19.4. The summed E-state index contributed by atoms with van der Waals surface area (Å²) in [6.45, 7) is 1.97. The highest BCUT2D eigenvalue weighted by Gasteiger charge is 2.31. The van der Waals surface area contributed by atoms with Gasteiger partial charge in [-0.25, -0.2) is 4.98 Å². The van der Waals surface area contributed by atoms with Crippen LogP contribution in [0.5, 0.6) is 0 Å². The Morgan fingerprint density at radius 1 is 1.05 bits per heavy atom. The Labute approximate surface area is 213 Å². The summed E-state index contributed by atoms with van der Waals surface area (Å²) in [6.07, 6.45) is 1.14. The molecule has 1 saturated carbocycles. The molecule has 196 valence electrons. The number of pyridine rings is 1. The van der Waals surface area contributed by atoms with Crippen LogP contribution < -0.4 is 16.4 Å². The molecule has 1 aliphatic rings. The number of nitrogens with zero attached hydrogens (tertiary/aromatic N) is 1. The first-order valence-corrected chi connectivity index (χ1v) is 12.5. The zero-order chi connectivity index (χ0) is 26.6. The Balaban J connectivity index is 1.81. The first-order chi connectivity index (χ1) is 17.6. The van der Waals surface area contributed by atoms with Gasteiger partial charge in [0.15, 0.2) is 0 Å². The fraction of sp³-hybridized carbons (Fsp3) is 0.393. The van der Waals surface area contributed by atoms with E-state index < -0.39 is 17.6 Å². The normalized spacial score (nSPS) is 15.5. The van der Waals surface area contributed by atoms with Crippen molar-refractivity contribution in [2.45, 2.75) is 57.8 Å². The van der Waals surface area contributed by atoms with Gasteiger partial charge in [0, 0.05) is 29.1 Å². The van der Waals surface area contributed by atoms with Crippen molar-refractivity contribution >= 4 is 22.7 Å². The van der Waals surface area contributed by atoms with Gasteiger partial charge in [-0.1, -0.05) is 49.6 Å². The Morgan fingerprint density at radius 2 is 1.73 bits per heavy atom. The van der Waals surface area contributed by atoms with E-state index in [1.54, 1.807) is 18.2 Å². The summed E-state index contributed by atoms with van der Waals surface area (Å²) in [5.41, 5.74) is 6.76. The number of hydrogen-bond donors (Lipinski definition) is 3. The maximum atomic E-state index is 13.8. The van der Waals surface area contributed by atoms with Crippen LogP contribution in [0.4, 0.5) is 13.2 Å². The number of carbonyl (C=O) groups is 2. The van der Waals surface area contributed by atoms with E-state index in [0.717, 1.165) is 37.8 Å². The summed E-state index contributed by atoms with van der Waals surface area (Å²) in [5.74, 6) is -0.459. The summed E-state index contributed by atoms with van der Waals surface area (Å²) in [5, 5.41) is 6.75. The third kappa shape index (κ3) is 6.28. The van der Waals surface area contributed by atoms with E-state index in [9.17, 15) is 22.8 Å². The number of benzene rings is 2. The molecular formula is C28H31F3N4O2. The van der Waals surface area contributed by atoms with E-state index >= 15 is 0 Å². The van der Waals surface area contributed by atoms with Gasteiger partial charge in [0.2, 0.25) is 5.91 Å². The third-order valence-corrected chi connectivity index (χ3v) is 7.02. The number of rotatable bonds is 8. The molecule has 0 radical (unpaired) electrons. The third-order valence-electron chi connectivity index (χ3n) is 7.02. The van der Waals surface area contributed by atoms with Crippen LogP contribution in [-0.4, -0.2) is 29.4 Å². The number of amides is 2. The van der Waals surface area contributed by atoms with Gasteiger partial charge in [-0.3, -0.25) is 9.59 Å². The van der Waals surface area contributed by atoms with Crippen LogP contribution in [0, 0.1) is 5.92 Å². The zero-order valence-corrected chi connectivity index (χ0v) is 20.7. The van der Waals surface area contributed by atoms with Crippen molar-refractivity contribution in [2.24, 2.45) is 11.7 Å².